The Morgan fingerprint density at radius 1 is 1.35 bits per heavy atom. The van der Waals surface area contributed by atoms with Crippen molar-refractivity contribution in [2.75, 3.05) is 33.4 Å². The smallest absolute Gasteiger partial charge is 0.270 e. The molecule has 1 atom stereocenters. The fourth-order valence-electron chi connectivity index (χ4n) is 3.88. The minimum absolute atomic E-state index is 0.0890. The molecule has 1 unspecified atom stereocenters. The number of fused-ring (bicyclic) bond motifs is 1. The summed E-state index contributed by atoms with van der Waals surface area (Å²) in [5, 5.41) is 1.00. The van der Waals surface area contributed by atoms with E-state index < -0.39 is 0 Å². The summed E-state index contributed by atoms with van der Waals surface area (Å²) in [6.07, 6.45) is 3.30. The van der Waals surface area contributed by atoms with Gasteiger partial charge in [0.2, 0.25) is 0 Å². The molecule has 1 spiro atoms. The van der Waals surface area contributed by atoms with Crippen LogP contribution in [0, 0.1) is 5.41 Å². The van der Waals surface area contributed by atoms with Gasteiger partial charge in [-0.25, -0.2) is 0 Å². The number of amides is 1. The van der Waals surface area contributed by atoms with Crippen molar-refractivity contribution in [3.05, 3.63) is 30.0 Å². The zero-order valence-electron chi connectivity index (χ0n) is 13.4. The van der Waals surface area contributed by atoms with Gasteiger partial charge in [0.05, 0.1) is 13.7 Å². The second-order valence-corrected chi connectivity index (χ2v) is 6.77. The van der Waals surface area contributed by atoms with Gasteiger partial charge in [-0.2, -0.15) is 0 Å². The summed E-state index contributed by atoms with van der Waals surface area (Å²) in [7, 11) is 1.65. The summed E-state index contributed by atoms with van der Waals surface area (Å²) in [5.41, 5.74) is 1.80. The Kier molecular flexibility index (Phi) is 3.53. The number of nitrogens with zero attached hydrogens (tertiary/aromatic N) is 1. The number of aromatic nitrogens is 1. The van der Waals surface area contributed by atoms with Crippen LogP contribution in [0.5, 0.6) is 5.75 Å². The number of likely N-dealkylation sites (tertiary alicyclic amines) is 1. The molecule has 23 heavy (non-hydrogen) atoms. The molecule has 122 valence electrons. The van der Waals surface area contributed by atoms with Crippen LogP contribution in [0.3, 0.4) is 0 Å². The van der Waals surface area contributed by atoms with Crippen LogP contribution in [0.2, 0.25) is 0 Å². The van der Waals surface area contributed by atoms with Gasteiger partial charge in [0, 0.05) is 36.0 Å². The largest absolute Gasteiger partial charge is 0.497 e. The number of rotatable bonds is 2. The molecule has 0 aliphatic carbocycles. The quantitative estimate of drug-likeness (QED) is 0.927. The number of hydrogen-bond acceptors (Lipinski definition) is 3. The molecule has 2 saturated heterocycles. The molecule has 0 bridgehead atoms. The van der Waals surface area contributed by atoms with Gasteiger partial charge in [0.25, 0.3) is 5.91 Å². The van der Waals surface area contributed by atoms with Gasteiger partial charge in [-0.05, 0) is 43.5 Å². The van der Waals surface area contributed by atoms with Crippen molar-refractivity contribution in [1.82, 2.24) is 9.88 Å². The number of carbonyl (C=O) groups is 1. The highest BCUT2D eigenvalue weighted by Crippen LogP contribution is 2.38. The minimum Gasteiger partial charge on any atom is -0.497 e. The maximum absolute atomic E-state index is 12.9. The lowest BCUT2D eigenvalue weighted by Gasteiger charge is -2.39. The number of hydrogen-bond donors (Lipinski definition) is 1. The Morgan fingerprint density at radius 2 is 2.26 bits per heavy atom. The topological polar surface area (TPSA) is 54.6 Å². The molecule has 1 amide bonds. The SMILES string of the molecule is COc1ccc2[nH]c(C(=O)N3CCCC4(CCOC4)C3)cc2c1. The number of piperidine rings is 1. The van der Waals surface area contributed by atoms with Gasteiger partial charge in [0.1, 0.15) is 11.4 Å². The van der Waals surface area contributed by atoms with E-state index in [1.54, 1.807) is 7.11 Å². The van der Waals surface area contributed by atoms with Crippen molar-refractivity contribution >= 4 is 16.8 Å². The maximum Gasteiger partial charge on any atom is 0.270 e. The molecular weight excluding hydrogens is 292 g/mol. The number of ether oxygens (including phenoxy) is 2. The number of aromatic amines is 1. The molecule has 1 aromatic carbocycles. The van der Waals surface area contributed by atoms with Crippen LogP contribution < -0.4 is 4.74 Å². The third kappa shape index (κ3) is 2.59. The van der Waals surface area contributed by atoms with Crippen LogP contribution in [-0.2, 0) is 4.74 Å². The first-order valence-corrected chi connectivity index (χ1v) is 8.23. The summed E-state index contributed by atoms with van der Waals surface area (Å²) in [5.74, 6) is 0.890. The molecule has 0 radical (unpaired) electrons. The minimum atomic E-state index is 0.0890. The Bertz CT molecular complexity index is 731. The zero-order valence-corrected chi connectivity index (χ0v) is 13.4. The lowest BCUT2D eigenvalue weighted by atomic mass is 9.79. The predicted molar refractivity (Wildman–Crippen MR) is 87.9 cm³/mol. The van der Waals surface area contributed by atoms with Crippen molar-refractivity contribution < 1.29 is 14.3 Å². The number of benzene rings is 1. The van der Waals surface area contributed by atoms with Gasteiger partial charge in [-0.3, -0.25) is 4.79 Å². The summed E-state index contributed by atoms with van der Waals surface area (Å²) in [6.45, 7) is 3.26. The molecule has 4 rings (SSSR count). The number of methoxy groups -OCH3 is 1. The van der Waals surface area contributed by atoms with E-state index in [9.17, 15) is 4.79 Å². The lowest BCUT2D eigenvalue weighted by Crippen LogP contribution is -2.46. The van der Waals surface area contributed by atoms with Gasteiger partial charge >= 0.3 is 0 Å². The van der Waals surface area contributed by atoms with Crippen LogP contribution in [0.1, 0.15) is 29.8 Å². The second kappa shape index (κ2) is 5.57. The molecule has 2 aliphatic heterocycles. The summed E-state index contributed by atoms with van der Waals surface area (Å²) in [6, 6.07) is 7.73. The van der Waals surface area contributed by atoms with Crippen molar-refractivity contribution in [1.29, 1.82) is 0 Å². The molecule has 3 heterocycles. The molecule has 1 aromatic heterocycles. The van der Waals surface area contributed by atoms with Gasteiger partial charge in [-0.15, -0.1) is 0 Å². The molecular formula is C18H22N2O3. The van der Waals surface area contributed by atoms with Gasteiger partial charge < -0.3 is 19.4 Å². The molecule has 5 nitrogen and oxygen atoms in total. The highest BCUT2D eigenvalue weighted by Gasteiger charge is 2.40. The fraction of sp³-hybridized carbons (Fsp3) is 0.500. The number of nitrogens with one attached hydrogen (secondary N) is 1. The van der Waals surface area contributed by atoms with E-state index in [-0.39, 0.29) is 11.3 Å². The first-order chi connectivity index (χ1) is 11.2. The normalized spacial score (nSPS) is 24.5. The maximum atomic E-state index is 12.9. The number of carbonyl (C=O) groups excluding carboxylic acids is 1. The van der Waals surface area contributed by atoms with E-state index in [2.05, 4.69) is 4.98 Å². The fourth-order valence-corrected chi connectivity index (χ4v) is 3.88. The Labute approximate surface area is 135 Å². The van der Waals surface area contributed by atoms with Crippen molar-refractivity contribution in [3.63, 3.8) is 0 Å². The van der Waals surface area contributed by atoms with Gasteiger partial charge in [-0.1, -0.05) is 0 Å². The Hall–Kier alpha value is -2.01. The van der Waals surface area contributed by atoms with Crippen LogP contribution in [0.25, 0.3) is 10.9 Å². The molecule has 0 saturated carbocycles. The van der Waals surface area contributed by atoms with Crippen molar-refractivity contribution in [2.24, 2.45) is 5.41 Å². The highest BCUT2D eigenvalue weighted by atomic mass is 16.5. The third-order valence-corrected chi connectivity index (χ3v) is 5.19. The van der Waals surface area contributed by atoms with E-state index in [1.807, 2.05) is 29.2 Å². The summed E-state index contributed by atoms with van der Waals surface area (Å²) < 4.78 is 10.8. The summed E-state index contributed by atoms with van der Waals surface area (Å²) in [4.78, 5) is 18.1. The van der Waals surface area contributed by atoms with Crippen LogP contribution in [-0.4, -0.2) is 49.2 Å². The van der Waals surface area contributed by atoms with Crippen molar-refractivity contribution in [2.45, 2.75) is 19.3 Å². The van der Waals surface area contributed by atoms with Crippen molar-refractivity contribution in [3.8, 4) is 5.75 Å². The molecule has 2 aromatic rings. The lowest BCUT2D eigenvalue weighted by molar-refractivity contribution is 0.0458. The van der Waals surface area contributed by atoms with Crippen LogP contribution in [0.15, 0.2) is 24.3 Å². The third-order valence-electron chi connectivity index (χ3n) is 5.19. The number of H-pyrrole nitrogens is 1. The predicted octanol–water partition coefficient (Wildman–Crippen LogP) is 2.82. The standard InChI is InChI=1S/C18H22N2O3/c1-22-14-3-4-15-13(9-14)10-16(19-15)17(21)20-7-2-5-18(11-20)6-8-23-12-18/h3-4,9-10,19H,2,5-8,11-12H2,1H3. The van der Waals surface area contributed by atoms with Gasteiger partial charge in [0.15, 0.2) is 0 Å². The zero-order chi connectivity index (χ0) is 15.9. The van der Waals surface area contributed by atoms with E-state index in [0.717, 1.165) is 55.8 Å². The molecule has 2 aliphatic rings. The van der Waals surface area contributed by atoms with E-state index in [4.69, 9.17) is 9.47 Å². The Morgan fingerprint density at radius 3 is 3.04 bits per heavy atom. The Balaban J connectivity index is 1.58. The average Bonchev–Trinajstić information content (AvgIpc) is 3.20. The second-order valence-electron chi connectivity index (χ2n) is 6.77. The monoisotopic (exact) mass is 314 g/mol. The van der Waals surface area contributed by atoms with E-state index >= 15 is 0 Å². The molecule has 1 N–H and O–H groups in total. The first kappa shape index (κ1) is 14.6. The van der Waals surface area contributed by atoms with E-state index in [0.29, 0.717) is 5.69 Å². The van der Waals surface area contributed by atoms with Crippen LogP contribution >= 0.6 is 0 Å². The highest BCUT2D eigenvalue weighted by molar-refractivity contribution is 5.98. The summed E-state index contributed by atoms with van der Waals surface area (Å²) >= 11 is 0. The average molecular weight is 314 g/mol. The molecule has 2 fully saturated rings. The van der Waals surface area contributed by atoms with Crippen LogP contribution in [0.4, 0.5) is 0 Å². The molecule has 5 heteroatoms. The first-order valence-electron chi connectivity index (χ1n) is 8.23. The van der Waals surface area contributed by atoms with E-state index in [1.165, 1.54) is 6.42 Å².